The number of rotatable bonds is 0. The van der Waals surface area contributed by atoms with Crippen LogP contribution in [0.4, 0.5) is 0 Å². The molecule has 2 heteroatoms. The van der Waals surface area contributed by atoms with E-state index in [2.05, 4.69) is 16.7 Å². The number of hydrogen-bond acceptors (Lipinski definition) is 1. The Morgan fingerprint density at radius 2 is 2.40 bits per heavy atom. The first-order valence-corrected chi connectivity index (χ1v) is 3.44. The van der Waals surface area contributed by atoms with E-state index in [1.165, 1.54) is 17.0 Å². The van der Waals surface area contributed by atoms with Gasteiger partial charge >= 0.3 is 0 Å². The van der Waals surface area contributed by atoms with Crippen molar-refractivity contribution in [3.63, 3.8) is 0 Å². The van der Waals surface area contributed by atoms with E-state index in [4.69, 9.17) is 4.74 Å². The Morgan fingerprint density at radius 3 is 3.20 bits per heavy atom. The molecule has 0 saturated carbocycles. The lowest BCUT2D eigenvalue weighted by atomic mass is 10.1. The first kappa shape index (κ1) is 4.61. The molecule has 3 heterocycles. The molecule has 0 fully saturated rings. The van der Waals surface area contributed by atoms with Gasteiger partial charge in [-0.25, -0.2) is 0 Å². The quantitative estimate of drug-likeness (QED) is 0.521. The van der Waals surface area contributed by atoms with Crippen LogP contribution < -0.4 is 0 Å². The fourth-order valence-electron chi connectivity index (χ4n) is 1.70. The summed E-state index contributed by atoms with van der Waals surface area (Å²) in [5.74, 6) is 0. The zero-order chi connectivity index (χ0) is 6.55. The lowest BCUT2D eigenvalue weighted by molar-refractivity contribution is 0.171. The Balaban J connectivity index is 2.42. The van der Waals surface area contributed by atoms with Gasteiger partial charge in [0.25, 0.3) is 0 Å². The van der Waals surface area contributed by atoms with Crippen LogP contribution in [0.25, 0.3) is 5.57 Å². The molecular formula is C8H7NO. The van der Waals surface area contributed by atoms with E-state index in [1.807, 2.05) is 6.26 Å². The van der Waals surface area contributed by atoms with Crippen molar-refractivity contribution in [2.45, 2.75) is 13.2 Å². The molecule has 0 radical (unpaired) electrons. The van der Waals surface area contributed by atoms with E-state index in [9.17, 15) is 0 Å². The summed E-state index contributed by atoms with van der Waals surface area (Å²) in [6, 6.07) is 4.33. The van der Waals surface area contributed by atoms with Gasteiger partial charge in [0.05, 0.1) is 12.0 Å². The van der Waals surface area contributed by atoms with E-state index in [0.717, 1.165) is 6.42 Å². The first-order valence-electron chi connectivity index (χ1n) is 3.44. The third-order valence-corrected chi connectivity index (χ3v) is 2.20. The van der Waals surface area contributed by atoms with Gasteiger partial charge in [0.15, 0.2) is 6.73 Å². The van der Waals surface area contributed by atoms with Gasteiger partial charge in [-0.2, -0.15) is 0 Å². The second kappa shape index (κ2) is 1.29. The van der Waals surface area contributed by atoms with Crippen molar-refractivity contribution in [3.8, 4) is 0 Å². The van der Waals surface area contributed by atoms with Crippen molar-refractivity contribution in [1.82, 2.24) is 4.57 Å². The van der Waals surface area contributed by atoms with Crippen molar-refractivity contribution in [1.29, 1.82) is 0 Å². The summed E-state index contributed by atoms with van der Waals surface area (Å²) in [5, 5.41) is 0. The van der Waals surface area contributed by atoms with Gasteiger partial charge in [0, 0.05) is 17.7 Å². The predicted molar refractivity (Wildman–Crippen MR) is 37.2 cm³/mol. The molecule has 10 heavy (non-hydrogen) atoms. The van der Waals surface area contributed by atoms with E-state index in [1.54, 1.807) is 0 Å². The molecule has 0 aliphatic carbocycles. The highest BCUT2D eigenvalue weighted by Gasteiger charge is 2.23. The molecule has 2 nitrogen and oxygen atoms in total. The van der Waals surface area contributed by atoms with Crippen LogP contribution in [0.15, 0.2) is 18.4 Å². The molecule has 0 atom stereocenters. The Kier molecular flexibility index (Phi) is 0.592. The Labute approximate surface area is 58.7 Å². The average molecular weight is 133 g/mol. The van der Waals surface area contributed by atoms with Crippen molar-refractivity contribution in [2.75, 3.05) is 0 Å². The van der Waals surface area contributed by atoms with E-state index < -0.39 is 0 Å². The fraction of sp³-hybridized carbons (Fsp3) is 0.250. The highest BCUT2D eigenvalue weighted by Crippen LogP contribution is 2.33. The fourth-order valence-corrected chi connectivity index (χ4v) is 1.70. The zero-order valence-corrected chi connectivity index (χ0v) is 5.50. The summed E-state index contributed by atoms with van der Waals surface area (Å²) < 4.78 is 7.44. The van der Waals surface area contributed by atoms with Crippen molar-refractivity contribution in [3.05, 3.63) is 29.8 Å². The number of aromatic nitrogens is 1. The maximum Gasteiger partial charge on any atom is 0.164 e. The molecule has 0 unspecified atom stereocenters. The van der Waals surface area contributed by atoms with Crippen molar-refractivity contribution >= 4 is 5.57 Å². The SMILES string of the molecule is C1=C2Cc3ccc2n3CO1. The van der Waals surface area contributed by atoms with Crippen LogP contribution in [-0.2, 0) is 17.9 Å². The average Bonchev–Trinajstić information content (AvgIpc) is 2.44. The maximum atomic E-state index is 5.22. The third-order valence-electron chi connectivity index (χ3n) is 2.20. The first-order chi connectivity index (χ1) is 4.95. The van der Waals surface area contributed by atoms with E-state index in [-0.39, 0.29) is 0 Å². The van der Waals surface area contributed by atoms with E-state index >= 15 is 0 Å². The maximum absolute atomic E-state index is 5.22. The minimum absolute atomic E-state index is 0.709. The topological polar surface area (TPSA) is 14.2 Å². The second-order valence-electron chi connectivity index (χ2n) is 2.75. The summed E-state index contributed by atoms with van der Waals surface area (Å²) in [5.41, 5.74) is 4.07. The lowest BCUT2D eigenvalue weighted by Gasteiger charge is -2.09. The normalized spacial score (nSPS) is 18.6. The number of allylic oxidation sites excluding steroid dienone is 1. The van der Waals surface area contributed by atoms with Gasteiger partial charge in [-0.05, 0) is 12.1 Å². The molecule has 0 amide bonds. The molecule has 1 aromatic heterocycles. The van der Waals surface area contributed by atoms with Crippen molar-refractivity contribution < 1.29 is 4.74 Å². The molecule has 0 spiro atoms. The van der Waals surface area contributed by atoms with Crippen LogP contribution in [0.2, 0.25) is 0 Å². The standard InChI is InChI=1S/C8H7NO/c1-2-8-6-3-7(1)9(8)5-10-4-6/h1-2,4H,3,5H2. The summed E-state index contributed by atoms with van der Waals surface area (Å²) in [4.78, 5) is 0. The lowest BCUT2D eigenvalue weighted by Crippen LogP contribution is -2.02. The minimum Gasteiger partial charge on any atom is -0.480 e. The molecule has 4 bridgehead atoms. The smallest absolute Gasteiger partial charge is 0.164 e. The van der Waals surface area contributed by atoms with E-state index in [0.29, 0.717) is 6.73 Å². The van der Waals surface area contributed by atoms with Gasteiger partial charge in [-0.1, -0.05) is 0 Å². The monoisotopic (exact) mass is 133 g/mol. The summed E-state index contributed by atoms with van der Waals surface area (Å²) in [6.45, 7) is 0.709. The molecule has 0 saturated heterocycles. The largest absolute Gasteiger partial charge is 0.480 e. The van der Waals surface area contributed by atoms with Gasteiger partial charge in [-0.15, -0.1) is 0 Å². The Bertz CT molecular complexity index is 322. The molecule has 3 rings (SSSR count). The van der Waals surface area contributed by atoms with Gasteiger partial charge in [-0.3, -0.25) is 0 Å². The molecule has 50 valence electrons. The summed E-state index contributed by atoms with van der Waals surface area (Å²) >= 11 is 0. The highest BCUT2D eigenvalue weighted by molar-refractivity contribution is 5.70. The van der Waals surface area contributed by atoms with Crippen molar-refractivity contribution in [2.24, 2.45) is 0 Å². The summed E-state index contributed by atoms with van der Waals surface area (Å²) in [7, 11) is 0. The zero-order valence-electron chi connectivity index (χ0n) is 5.50. The minimum atomic E-state index is 0.709. The number of hydrogen-bond donors (Lipinski definition) is 0. The Morgan fingerprint density at radius 1 is 1.40 bits per heavy atom. The molecule has 0 N–H and O–H groups in total. The van der Waals surface area contributed by atoms with Gasteiger partial charge in [0.1, 0.15) is 0 Å². The molecule has 2 aliphatic rings. The predicted octanol–water partition coefficient (Wildman–Crippen LogP) is 1.37. The molecule has 0 aromatic carbocycles. The third kappa shape index (κ3) is 0.347. The van der Waals surface area contributed by atoms with Crippen LogP contribution in [0.3, 0.4) is 0 Å². The second-order valence-corrected chi connectivity index (χ2v) is 2.75. The number of ether oxygens (including phenoxy) is 1. The van der Waals surface area contributed by atoms with Crippen LogP contribution >= 0.6 is 0 Å². The molecule has 1 aromatic rings. The van der Waals surface area contributed by atoms with Crippen LogP contribution in [0.1, 0.15) is 11.4 Å². The Hall–Kier alpha value is -1.18. The van der Waals surface area contributed by atoms with Gasteiger partial charge in [0.2, 0.25) is 0 Å². The van der Waals surface area contributed by atoms with Gasteiger partial charge < -0.3 is 9.30 Å². The summed E-state index contributed by atoms with van der Waals surface area (Å²) in [6.07, 6.45) is 2.95. The van der Waals surface area contributed by atoms with Crippen LogP contribution in [0.5, 0.6) is 0 Å². The molecular weight excluding hydrogens is 126 g/mol. The van der Waals surface area contributed by atoms with Crippen LogP contribution in [-0.4, -0.2) is 4.57 Å². The van der Waals surface area contributed by atoms with Crippen LogP contribution in [0, 0.1) is 0 Å². The highest BCUT2D eigenvalue weighted by atomic mass is 16.5. The molecule has 2 aliphatic heterocycles. The number of nitrogens with zero attached hydrogens (tertiary/aromatic N) is 1.